The van der Waals surface area contributed by atoms with Gasteiger partial charge in [-0.15, -0.1) is 0 Å². The van der Waals surface area contributed by atoms with Crippen LogP contribution in [-0.4, -0.2) is 29.5 Å². The molecule has 0 radical (unpaired) electrons. The highest BCUT2D eigenvalue weighted by Crippen LogP contribution is 2.53. The smallest absolute Gasteiger partial charge is 0.264 e. The molecule has 0 unspecified atom stereocenters. The molecule has 4 aliphatic carbocycles. The van der Waals surface area contributed by atoms with E-state index in [4.69, 9.17) is 12.2 Å². The molecule has 2 aromatic rings. The lowest BCUT2D eigenvalue weighted by molar-refractivity contribution is -0.00665. The van der Waals surface area contributed by atoms with Gasteiger partial charge in [-0.05, 0) is 98.3 Å². The zero-order valence-corrected chi connectivity index (χ0v) is 18.1. The molecule has 0 saturated heterocycles. The number of anilines is 2. The third-order valence-corrected chi connectivity index (χ3v) is 8.30. The van der Waals surface area contributed by atoms with Crippen LogP contribution < -0.4 is 15.4 Å². The van der Waals surface area contributed by atoms with E-state index >= 15 is 0 Å². The maximum atomic E-state index is 12.5. The Morgan fingerprint density at radius 3 is 2.13 bits per heavy atom. The van der Waals surface area contributed by atoms with Gasteiger partial charge >= 0.3 is 0 Å². The Hall–Kier alpha value is -2.26. The minimum atomic E-state index is -3.74. The number of rotatable bonds is 5. The number of thiocarbonyl (C=S) groups is 1. The van der Waals surface area contributed by atoms with Gasteiger partial charge in [0.1, 0.15) is 0 Å². The predicted octanol–water partition coefficient (Wildman–Crippen LogP) is 3.39. The average molecular weight is 444 g/mol. The van der Waals surface area contributed by atoms with Crippen LogP contribution in [0.15, 0.2) is 47.6 Å². The monoisotopic (exact) mass is 443 g/mol. The normalized spacial score (nSPS) is 29.4. The number of hydrogen-bond donors (Lipinski definition) is 3. The minimum absolute atomic E-state index is 0.0424. The number of aromatic nitrogens is 2. The van der Waals surface area contributed by atoms with Crippen molar-refractivity contribution in [1.29, 1.82) is 0 Å². The highest BCUT2D eigenvalue weighted by Gasteiger charge is 2.48. The van der Waals surface area contributed by atoms with Crippen molar-refractivity contribution in [3.05, 3.63) is 42.7 Å². The SMILES string of the molecule is O=S(=O)(Nc1ncccn1)c1ccc(NC(=S)NC2C3CC4CC(C3)CC2C4)cc1. The lowest BCUT2D eigenvalue weighted by atomic mass is 9.54. The lowest BCUT2D eigenvalue weighted by Gasteiger charge is -2.54. The molecule has 4 saturated carbocycles. The molecule has 4 aliphatic rings. The van der Waals surface area contributed by atoms with Gasteiger partial charge in [0.05, 0.1) is 4.90 Å². The highest BCUT2D eigenvalue weighted by atomic mass is 32.2. The van der Waals surface area contributed by atoms with E-state index in [1.54, 1.807) is 30.3 Å². The fraction of sp³-hybridized carbons (Fsp3) is 0.476. The second-order valence-corrected chi connectivity index (χ2v) is 10.8. The van der Waals surface area contributed by atoms with E-state index < -0.39 is 10.0 Å². The van der Waals surface area contributed by atoms with Crippen LogP contribution in [-0.2, 0) is 10.0 Å². The van der Waals surface area contributed by atoms with Crippen LogP contribution in [0.25, 0.3) is 0 Å². The summed E-state index contributed by atoms with van der Waals surface area (Å²) in [5, 5.41) is 7.38. The second-order valence-electron chi connectivity index (χ2n) is 8.76. The summed E-state index contributed by atoms with van der Waals surface area (Å²) >= 11 is 5.56. The molecule has 0 aliphatic heterocycles. The third kappa shape index (κ3) is 4.00. The number of benzene rings is 1. The first kappa shape index (κ1) is 19.7. The van der Waals surface area contributed by atoms with Gasteiger partial charge in [-0.3, -0.25) is 0 Å². The summed E-state index contributed by atoms with van der Waals surface area (Å²) in [6.45, 7) is 0. The van der Waals surface area contributed by atoms with Crippen molar-refractivity contribution in [1.82, 2.24) is 15.3 Å². The first-order chi connectivity index (χ1) is 14.5. The molecule has 4 fully saturated rings. The van der Waals surface area contributed by atoms with Crippen LogP contribution >= 0.6 is 12.2 Å². The fourth-order valence-electron chi connectivity index (χ4n) is 5.73. The van der Waals surface area contributed by atoms with Gasteiger partial charge in [-0.1, -0.05) is 0 Å². The van der Waals surface area contributed by atoms with Crippen molar-refractivity contribution in [2.45, 2.75) is 43.0 Å². The van der Waals surface area contributed by atoms with Gasteiger partial charge in [-0.2, -0.15) is 0 Å². The van der Waals surface area contributed by atoms with Gasteiger partial charge in [0.2, 0.25) is 5.95 Å². The maximum absolute atomic E-state index is 12.5. The minimum Gasteiger partial charge on any atom is -0.359 e. The molecule has 6 rings (SSSR count). The van der Waals surface area contributed by atoms with E-state index in [0.29, 0.717) is 11.2 Å². The Kier molecular flexibility index (Phi) is 5.10. The molecule has 9 heteroatoms. The van der Waals surface area contributed by atoms with Crippen LogP contribution in [0.2, 0.25) is 0 Å². The van der Waals surface area contributed by atoms with Crippen molar-refractivity contribution < 1.29 is 8.42 Å². The van der Waals surface area contributed by atoms with Crippen molar-refractivity contribution in [2.75, 3.05) is 10.0 Å². The fourth-order valence-corrected chi connectivity index (χ4v) is 6.94. The van der Waals surface area contributed by atoms with Crippen molar-refractivity contribution in [3.63, 3.8) is 0 Å². The number of nitrogens with one attached hydrogen (secondary N) is 3. The van der Waals surface area contributed by atoms with Crippen LogP contribution in [0.1, 0.15) is 32.1 Å². The largest absolute Gasteiger partial charge is 0.359 e. The molecule has 1 heterocycles. The van der Waals surface area contributed by atoms with E-state index in [1.165, 1.54) is 44.5 Å². The zero-order chi connectivity index (χ0) is 20.7. The molecule has 0 spiro atoms. The summed E-state index contributed by atoms with van der Waals surface area (Å²) in [5.74, 6) is 3.37. The van der Waals surface area contributed by atoms with E-state index in [0.717, 1.165) is 29.4 Å². The van der Waals surface area contributed by atoms with Crippen LogP contribution in [0, 0.1) is 23.7 Å². The van der Waals surface area contributed by atoms with E-state index in [2.05, 4.69) is 25.3 Å². The number of hydrogen-bond acceptors (Lipinski definition) is 5. The van der Waals surface area contributed by atoms with E-state index in [1.807, 2.05) is 0 Å². The van der Waals surface area contributed by atoms with Crippen LogP contribution in [0.3, 0.4) is 0 Å². The van der Waals surface area contributed by atoms with Crippen molar-refractivity contribution >= 4 is 39.0 Å². The van der Waals surface area contributed by atoms with E-state index in [-0.39, 0.29) is 10.8 Å². The third-order valence-electron chi connectivity index (χ3n) is 6.74. The summed E-state index contributed by atoms with van der Waals surface area (Å²) in [7, 11) is -3.74. The topological polar surface area (TPSA) is 96.0 Å². The molecule has 3 N–H and O–H groups in total. The standard InChI is InChI=1S/C21H25N5O2S2/c27-30(28,26-20-22-6-1-7-23-20)18-4-2-17(3-5-18)24-21(29)25-19-15-9-13-8-14(11-15)12-16(19)10-13/h1-7,13-16,19H,8-12H2,(H,22,23,26)(H2,24,25,29). The average Bonchev–Trinajstić information content (AvgIpc) is 2.71. The van der Waals surface area contributed by atoms with Gasteiger partial charge in [0.25, 0.3) is 10.0 Å². The van der Waals surface area contributed by atoms with Gasteiger partial charge < -0.3 is 10.6 Å². The quantitative estimate of drug-likeness (QED) is 0.610. The van der Waals surface area contributed by atoms with Gasteiger partial charge in [-0.25, -0.2) is 23.1 Å². The predicted molar refractivity (Wildman–Crippen MR) is 119 cm³/mol. The molecule has 1 aromatic carbocycles. The highest BCUT2D eigenvalue weighted by molar-refractivity contribution is 7.92. The van der Waals surface area contributed by atoms with E-state index in [9.17, 15) is 8.42 Å². The molecule has 158 valence electrons. The van der Waals surface area contributed by atoms with Gasteiger partial charge in [0, 0.05) is 24.1 Å². The summed E-state index contributed by atoms with van der Waals surface area (Å²) < 4.78 is 27.3. The molecular weight excluding hydrogens is 418 g/mol. The maximum Gasteiger partial charge on any atom is 0.264 e. The number of sulfonamides is 1. The number of nitrogens with zero attached hydrogens (tertiary/aromatic N) is 2. The Balaban J connectivity index is 1.20. The molecule has 1 aromatic heterocycles. The molecular formula is C21H25N5O2S2. The van der Waals surface area contributed by atoms with Crippen LogP contribution in [0.5, 0.6) is 0 Å². The summed E-state index contributed by atoms with van der Waals surface area (Å²) in [4.78, 5) is 7.93. The Morgan fingerprint density at radius 1 is 0.933 bits per heavy atom. The summed E-state index contributed by atoms with van der Waals surface area (Å²) in [6, 6.07) is 8.60. The molecule has 4 bridgehead atoms. The van der Waals surface area contributed by atoms with Crippen molar-refractivity contribution in [2.24, 2.45) is 23.7 Å². The molecule has 0 atom stereocenters. The zero-order valence-electron chi connectivity index (χ0n) is 16.5. The lowest BCUT2D eigenvalue weighted by Crippen LogP contribution is -2.56. The molecule has 30 heavy (non-hydrogen) atoms. The Bertz CT molecular complexity index is 999. The Morgan fingerprint density at radius 2 is 1.53 bits per heavy atom. The summed E-state index contributed by atoms with van der Waals surface area (Å²) in [5.41, 5.74) is 0.756. The Labute approximate surface area is 182 Å². The molecule has 0 amide bonds. The second kappa shape index (κ2) is 7.77. The molecule has 7 nitrogen and oxygen atoms in total. The first-order valence-corrected chi connectivity index (χ1v) is 12.3. The van der Waals surface area contributed by atoms with Crippen molar-refractivity contribution in [3.8, 4) is 0 Å². The van der Waals surface area contributed by atoms with Gasteiger partial charge in [0.15, 0.2) is 5.11 Å². The van der Waals surface area contributed by atoms with Crippen LogP contribution in [0.4, 0.5) is 11.6 Å². The summed E-state index contributed by atoms with van der Waals surface area (Å²) in [6.07, 6.45) is 9.72. The first-order valence-electron chi connectivity index (χ1n) is 10.4.